The van der Waals surface area contributed by atoms with Crippen LogP contribution in [0.4, 0.5) is 5.95 Å². The molecule has 0 radical (unpaired) electrons. The highest BCUT2D eigenvalue weighted by molar-refractivity contribution is 6.64. The second-order valence-corrected chi connectivity index (χ2v) is 21.1. The molecule has 1 aliphatic rings. The number of anilines is 1. The molecule has 2 aromatic heterocycles. The fraction of sp³-hybridized carbons (Fsp3) is 0.286. The average molecular weight is 817 g/mol. The second-order valence-electron chi connectivity index (χ2n) is 21.1. The van der Waals surface area contributed by atoms with Gasteiger partial charge in [0, 0.05) is 29.1 Å². The summed E-state index contributed by atoms with van der Waals surface area (Å²) in [4.78, 5) is 12.6. The minimum atomic E-state index is -0.937. The van der Waals surface area contributed by atoms with Crippen molar-refractivity contribution in [2.45, 2.75) is 93.9 Å². The van der Waals surface area contributed by atoms with Crippen molar-refractivity contribution >= 4 is 24.0 Å². The molecule has 3 heterocycles. The molecule has 62 heavy (non-hydrogen) atoms. The first-order chi connectivity index (χ1) is 29.2. The summed E-state index contributed by atoms with van der Waals surface area (Å²) in [6.45, 7) is 26.8. The molecule has 8 rings (SSSR count). The first-order valence-corrected chi connectivity index (χ1v) is 22.0. The van der Waals surface area contributed by atoms with E-state index >= 15 is 0 Å². The Bertz CT molecular complexity index is 2840. The van der Waals surface area contributed by atoms with Crippen molar-refractivity contribution in [1.29, 1.82) is 0 Å². The maximum absolute atomic E-state index is 12.6. The van der Waals surface area contributed by atoms with Gasteiger partial charge in [-0.15, -0.1) is 0 Å². The molecule has 0 unspecified atom stereocenters. The zero-order chi connectivity index (χ0) is 44.4. The number of hydrogen-bond acceptors (Lipinski definition) is 4. The van der Waals surface area contributed by atoms with E-state index in [1.807, 2.05) is 17.1 Å². The highest BCUT2D eigenvalue weighted by Crippen LogP contribution is 2.44. The predicted octanol–water partition coefficient (Wildman–Crippen LogP) is 14.4. The normalized spacial score (nSPS) is 14.0. The Balaban J connectivity index is 1.43. The number of aromatic nitrogens is 3. The third-order valence-electron chi connectivity index (χ3n) is 12.2. The molecule has 7 aromatic rings. The van der Waals surface area contributed by atoms with Crippen LogP contribution in [0.2, 0.25) is 0 Å². The lowest BCUT2D eigenvalue weighted by molar-refractivity contribution is 0.477. The smallest absolute Gasteiger partial charge is 0.428 e. The molecule has 314 valence electrons. The van der Waals surface area contributed by atoms with Gasteiger partial charge in [0.1, 0.15) is 0 Å². The van der Waals surface area contributed by atoms with Gasteiger partial charge >= 0.3 is 7.05 Å². The molecule has 0 bridgehead atoms. The molecular weight excluding hydrogens is 755 g/mol. The van der Waals surface area contributed by atoms with Crippen LogP contribution in [-0.4, -0.2) is 26.6 Å². The second kappa shape index (κ2) is 15.7. The Labute approximate surface area is 370 Å². The van der Waals surface area contributed by atoms with Gasteiger partial charge in [-0.3, -0.25) is 9.55 Å². The lowest BCUT2D eigenvalue weighted by Crippen LogP contribution is -2.45. The Hall–Kier alpha value is -5.98. The molecule has 1 N–H and O–H groups in total. The number of benzene rings is 5. The summed E-state index contributed by atoms with van der Waals surface area (Å²) in [7, 11) is -0.937. The van der Waals surface area contributed by atoms with E-state index in [0.717, 1.165) is 72.4 Å². The molecule has 0 amide bonds. The van der Waals surface area contributed by atoms with Crippen molar-refractivity contribution in [1.82, 2.24) is 14.5 Å². The van der Waals surface area contributed by atoms with Crippen molar-refractivity contribution in [3.63, 3.8) is 0 Å². The quantitative estimate of drug-likeness (QED) is 0.170. The van der Waals surface area contributed by atoms with Gasteiger partial charge in [-0.1, -0.05) is 174 Å². The SMILES string of the molecule is CC(C)(C)C1=CN(c2nc3c(-c4cc(-c5cc(-c6ccccc6)ccn5)cc(C(C)(C)C)c4)cccc3n2-c2ccc(C(C)(C)C)cc2-c2ccccc2)B(O)C(C(C)(C)C)=C1. The van der Waals surface area contributed by atoms with Crippen LogP contribution in [0.15, 0.2) is 157 Å². The van der Waals surface area contributed by atoms with Crippen LogP contribution in [0, 0.1) is 10.8 Å². The van der Waals surface area contributed by atoms with Crippen LogP contribution in [-0.2, 0) is 10.8 Å². The van der Waals surface area contributed by atoms with Gasteiger partial charge in [-0.05, 0) is 109 Å². The monoisotopic (exact) mass is 816 g/mol. The fourth-order valence-corrected chi connectivity index (χ4v) is 8.37. The van der Waals surface area contributed by atoms with Crippen LogP contribution in [0.1, 0.15) is 94.2 Å². The first-order valence-electron chi connectivity index (χ1n) is 22.0. The van der Waals surface area contributed by atoms with Crippen LogP contribution < -0.4 is 4.81 Å². The van der Waals surface area contributed by atoms with E-state index in [-0.39, 0.29) is 21.7 Å². The molecule has 0 saturated heterocycles. The topological polar surface area (TPSA) is 54.2 Å². The van der Waals surface area contributed by atoms with Crippen LogP contribution in [0.5, 0.6) is 0 Å². The Morgan fingerprint density at radius 1 is 0.516 bits per heavy atom. The molecular formula is C56H61BN4O. The number of nitrogens with zero attached hydrogens (tertiary/aromatic N) is 4. The number of hydrogen-bond donors (Lipinski definition) is 1. The van der Waals surface area contributed by atoms with Crippen LogP contribution in [0.3, 0.4) is 0 Å². The van der Waals surface area contributed by atoms with Crippen LogP contribution >= 0.6 is 0 Å². The number of para-hydroxylation sites is 1. The van der Waals surface area contributed by atoms with E-state index in [2.05, 4.69) is 221 Å². The van der Waals surface area contributed by atoms with Gasteiger partial charge in [0.25, 0.3) is 0 Å². The zero-order valence-corrected chi connectivity index (χ0v) is 38.7. The van der Waals surface area contributed by atoms with E-state index in [0.29, 0.717) is 5.95 Å². The molecule has 0 atom stereocenters. The molecule has 0 saturated carbocycles. The zero-order valence-electron chi connectivity index (χ0n) is 38.7. The summed E-state index contributed by atoms with van der Waals surface area (Å²) in [6, 6.07) is 45.6. The molecule has 1 aliphatic heterocycles. The van der Waals surface area contributed by atoms with Crippen molar-refractivity contribution < 1.29 is 5.02 Å². The van der Waals surface area contributed by atoms with Gasteiger partial charge in [-0.25, -0.2) is 4.98 Å². The molecule has 6 heteroatoms. The molecule has 0 fully saturated rings. The number of fused-ring (bicyclic) bond motifs is 1. The lowest BCUT2D eigenvalue weighted by atomic mass is 9.57. The summed E-state index contributed by atoms with van der Waals surface area (Å²) in [6.07, 6.45) is 6.23. The van der Waals surface area contributed by atoms with Gasteiger partial charge in [0.2, 0.25) is 5.95 Å². The molecule has 5 aromatic carbocycles. The minimum absolute atomic E-state index is 0.0693. The highest BCUT2D eigenvalue weighted by Gasteiger charge is 2.40. The maximum atomic E-state index is 12.6. The van der Waals surface area contributed by atoms with Gasteiger partial charge in [0.15, 0.2) is 0 Å². The van der Waals surface area contributed by atoms with Crippen molar-refractivity contribution in [2.24, 2.45) is 10.8 Å². The number of imidazole rings is 1. The first kappa shape index (κ1) is 42.7. The maximum Gasteiger partial charge on any atom is 0.452 e. The largest absolute Gasteiger partial charge is 0.452 e. The minimum Gasteiger partial charge on any atom is -0.428 e. The third-order valence-corrected chi connectivity index (χ3v) is 12.2. The van der Waals surface area contributed by atoms with E-state index in [9.17, 15) is 5.02 Å². The fourth-order valence-electron chi connectivity index (χ4n) is 8.37. The predicted molar refractivity (Wildman–Crippen MR) is 264 cm³/mol. The number of rotatable bonds is 6. The van der Waals surface area contributed by atoms with E-state index in [1.54, 1.807) is 0 Å². The highest BCUT2D eigenvalue weighted by atomic mass is 16.2. The lowest BCUT2D eigenvalue weighted by Gasteiger charge is -2.37. The Morgan fingerprint density at radius 2 is 1.16 bits per heavy atom. The average Bonchev–Trinajstić information content (AvgIpc) is 3.62. The molecule has 0 spiro atoms. The number of pyridine rings is 1. The summed E-state index contributed by atoms with van der Waals surface area (Å²) in [5.41, 5.74) is 15.2. The van der Waals surface area contributed by atoms with Gasteiger partial charge < -0.3 is 9.83 Å². The Kier molecular flexibility index (Phi) is 10.8. The summed E-state index contributed by atoms with van der Waals surface area (Å²) >= 11 is 0. The summed E-state index contributed by atoms with van der Waals surface area (Å²) < 4.78 is 2.28. The Morgan fingerprint density at radius 3 is 1.79 bits per heavy atom. The van der Waals surface area contributed by atoms with Gasteiger partial charge in [0.05, 0.1) is 22.4 Å². The van der Waals surface area contributed by atoms with E-state index in [4.69, 9.17) is 9.97 Å². The van der Waals surface area contributed by atoms with E-state index < -0.39 is 7.05 Å². The standard InChI is InChI=1S/C56H61BN4O/c1-53(2,3)42-26-27-48(46(34-42)38-22-17-14-18-23-38)61-49-25-19-24-45(51(49)59-52(61)60-36-44(55(7,8)9)35-50(57(60)62)56(10,11)12)40-30-41(32-43(31-40)54(4,5)6)47-33-39(28-29-58-47)37-20-15-13-16-21-37/h13-36,62H,1-12H3. The van der Waals surface area contributed by atoms with E-state index in [1.165, 1.54) is 11.1 Å². The molecule has 0 aliphatic carbocycles. The van der Waals surface area contributed by atoms with Crippen molar-refractivity contribution in [3.05, 3.63) is 168 Å². The molecule has 5 nitrogen and oxygen atoms in total. The third kappa shape index (κ3) is 8.33. The van der Waals surface area contributed by atoms with Gasteiger partial charge in [-0.2, -0.15) is 0 Å². The summed E-state index contributed by atoms with van der Waals surface area (Å²) in [5.74, 6) is 0.654. The number of allylic oxidation sites excluding steroid dienone is 3. The van der Waals surface area contributed by atoms with Crippen molar-refractivity contribution in [2.75, 3.05) is 4.81 Å². The summed E-state index contributed by atoms with van der Waals surface area (Å²) in [5, 5.41) is 12.6. The van der Waals surface area contributed by atoms with Crippen LogP contribution in [0.25, 0.3) is 61.4 Å². The van der Waals surface area contributed by atoms with Crippen molar-refractivity contribution in [3.8, 4) is 50.3 Å².